The number of hydrogen-bond acceptors (Lipinski definition) is 7. The molecule has 0 bridgehead atoms. The molecule has 0 saturated carbocycles. The fourth-order valence-electron chi connectivity index (χ4n) is 2.24. The number of aromatic amines is 1. The fourth-order valence-corrected chi connectivity index (χ4v) is 3.54. The molecule has 0 unspecified atom stereocenters. The van der Waals surface area contributed by atoms with E-state index in [2.05, 4.69) is 31.1 Å². The SMILES string of the molecule is O=C(O)/C(=C/c1cc(Br)c(O)c([N+](=O)[O-])c1)Sc1n[nH]c(-c2ccc(Cl)cc2)n1. The zero-order valence-corrected chi connectivity index (χ0v) is 17.3. The lowest BCUT2D eigenvalue weighted by atomic mass is 10.1. The molecule has 0 aliphatic rings. The first kappa shape index (κ1) is 20.8. The Morgan fingerprint density at radius 2 is 2.00 bits per heavy atom. The van der Waals surface area contributed by atoms with Gasteiger partial charge in [0.2, 0.25) is 10.9 Å². The van der Waals surface area contributed by atoms with Crippen LogP contribution < -0.4 is 0 Å². The van der Waals surface area contributed by atoms with Crippen molar-refractivity contribution in [3.8, 4) is 17.1 Å². The Morgan fingerprint density at radius 1 is 1.31 bits per heavy atom. The summed E-state index contributed by atoms with van der Waals surface area (Å²) in [5.41, 5.74) is 0.371. The van der Waals surface area contributed by atoms with Crippen LogP contribution in [-0.4, -0.2) is 36.3 Å². The molecule has 0 radical (unpaired) electrons. The van der Waals surface area contributed by atoms with E-state index < -0.39 is 22.3 Å². The molecule has 1 aromatic heterocycles. The third-order valence-electron chi connectivity index (χ3n) is 3.55. The summed E-state index contributed by atoms with van der Waals surface area (Å²) in [5, 5.41) is 37.7. The largest absolute Gasteiger partial charge is 0.501 e. The summed E-state index contributed by atoms with van der Waals surface area (Å²) in [5.74, 6) is -1.38. The highest BCUT2D eigenvalue weighted by Gasteiger charge is 2.19. The highest BCUT2D eigenvalue weighted by Crippen LogP contribution is 2.36. The van der Waals surface area contributed by atoms with Crippen LogP contribution in [0.1, 0.15) is 5.56 Å². The van der Waals surface area contributed by atoms with Crippen LogP contribution in [0.25, 0.3) is 17.5 Å². The van der Waals surface area contributed by atoms with E-state index in [-0.39, 0.29) is 20.1 Å². The molecule has 0 aliphatic heterocycles. The van der Waals surface area contributed by atoms with Gasteiger partial charge in [-0.25, -0.2) is 9.78 Å². The maximum Gasteiger partial charge on any atom is 0.342 e. The van der Waals surface area contributed by atoms with Crippen molar-refractivity contribution in [1.82, 2.24) is 15.2 Å². The topological polar surface area (TPSA) is 142 Å². The third kappa shape index (κ3) is 4.94. The normalized spacial score (nSPS) is 11.4. The van der Waals surface area contributed by atoms with Gasteiger partial charge in [0.1, 0.15) is 4.91 Å². The Bertz CT molecular complexity index is 1130. The molecule has 9 nitrogen and oxygen atoms in total. The lowest BCUT2D eigenvalue weighted by molar-refractivity contribution is -0.386. The van der Waals surface area contributed by atoms with E-state index in [0.29, 0.717) is 16.4 Å². The number of carboxylic acids is 1. The summed E-state index contributed by atoms with van der Waals surface area (Å²) in [6.07, 6.45) is 1.22. The van der Waals surface area contributed by atoms with Gasteiger partial charge in [0, 0.05) is 16.7 Å². The number of halogens is 2. The Kier molecular flexibility index (Phi) is 6.20. The molecule has 0 amide bonds. The van der Waals surface area contributed by atoms with Crippen LogP contribution in [-0.2, 0) is 4.79 Å². The minimum Gasteiger partial charge on any atom is -0.501 e. The van der Waals surface area contributed by atoms with Crippen molar-refractivity contribution in [3.05, 3.63) is 66.5 Å². The van der Waals surface area contributed by atoms with Gasteiger partial charge in [-0.3, -0.25) is 15.2 Å². The molecule has 2 aromatic carbocycles. The predicted molar refractivity (Wildman–Crippen MR) is 111 cm³/mol. The maximum absolute atomic E-state index is 11.6. The van der Waals surface area contributed by atoms with Gasteiger partial charge in [-0.15, -0.1) is 5.10 Å². The molecule has 3 aromatic rings. The van der Waals surface area contributed by atoms with E-state index in [9.17, 15) is 25.1 Å². The van der Waals surface area contributed by atoms with Crippen molar-refractivity contribution in [3.63, 3.8) is 0 Å². The number of rotatable bonds is 6. The van der Waals surface area contributed by atoms with Crippen LogP contribution in [0.2, 0.25) is 5.02 Å². The molecule has 0 aliphatic carbocycles. The number of hydrogen-bond donors (Lipinski definition) is 3. The van der Waals surface area contributed by atoms with Crippen molar-refractivity contribution >= 4 is 57.0 Å². The Balaban J connectivity index is 1.91. The molecule has 12 heteroatoms. The molecule has 0 saturated heterocycles. The second-order valence-corrected chi connectivity index (χ2v) is 7.82. The van der Waals surface area contributed by atoms with Gasteiger partial charge in [-0.05, 0) is 69.7 Å². The lowest BCUT2D eigenvalue weighted by Gasteiger charge is -2.03. The molecule has 0 spiro atoms. The van der Waals surface area contributed by atoms with Crippen molar-refractivity contribution < 1.29 is 19.9 Å². The minimum atomic E-state index is -1.26. The fraction of sp³-hybridized carbons (Fsp3) is 0. The first-order chi connectivity index (χ1) is 13.7. The summed E-state index contributed by atoms with van der Waals surface area (Å²) in [7, 11) is 0. The average molecular weight is 498 g/mol. The summed E-state index contributed by atoms with van der Waals surface area (Å²) in [6, 6.07) is 9.27. The van der Waals surface area contributed by atoms with E-state index in [0.717, 1.165) is 17.8 Å². The van der Waals surface area contributed by atoms with E-state index >= 15 is 0 Å². The number of nitro groups is 1. The number of nitrogens with one attached hydrogen (secondary N) is 1. The lowest BCUT2D eigenvalue weighted by Crippen LogP contribution is -1.98. The van der Waals surface area contributed by atoms with E-state index in [4.69, 9.17) is 11.6 Å². The van der Waals surface area contributed by atoms with Gasteiger partial charge in [0.25, 0.3) is 0 Å². The molecule has 148 valence electrons. The van der Waals surface area contributed by atoms with Crippen molar-refractivity contribution in [2.45, 2.75) is 5.16 Å². The zero-order valence-electron chi connectivity index (χ0n) is 14.2. The van der Waals surface area contributed by atoms with Crippen molar-refractivity contribution in [1.29, 1.82) is 0 Å². The molecule has 29 heavy (non-hydrogen) atoms. The van der Waals surface area contributed by atoms with Gasteiger partial charge in [0.15, 0.2) is 5.82 Å². The molecular formula is C17H10BrClN4O5S. The molecule has 3 N–H and O–H groups in total. The van der Waals surface area contributed by atoms with Crippen LogP contribution in [0.15, 0.2) is 50.9 Å². The van der Waals surface area contributed by atoms with Gasteiger partial charge in [-0.1, -0.05) is 11.6 Å². The van der Waals surface area contributed by atoms with Crippen LogP contribution >= 0.6 is 39.3 Å². The summed E-state index contributed by atoms with van der Waals surface area (Å²) < 4.78 is 0.0654. The minimum absolute atomic E-state index is 0.0654. The van der Waals surface area contributed by atoms with Crippen molar-refractivity contribution in [2.75, 3.05) is 0 Å². The Hall–Kier alpha value is -2.89. The second-order valence-electron chi connectivity index (χ2n) is 5.52. The van der Waals surface area contributed by atoms with E-state index in [1.54, 1.807) is 24.3 Å². The third-order valence-corrected chi connectivity index (χ3v) is 5.29. The number of carboxylic acid groups (broad SMARTS) is 1. The molecule has 1 heterocycles. The number of aromatic hydroxyl groups is 1. The number of phenolic OH excluding ortho intramolecular Hbond substituents is 1. The van der Waals surface area contributed by atoms with Crippen LogP contribution in [0, 0.1) is 10.1 Å². The molecule has 0 atom stereocenters. The Morgan fingerprint density at radius 3 is 2.62 bits per heavy atom. The number of thioether (sulfide) groups is 1. The number of benzene rings is 2. The van der Waals surface area contributed by atoms with Crippen LogP contribution in [0.3, 0.4) is 0 Å². The molecule has 0 fully saturated rings. The second kappa shape index (κ2) is 8.64. The standard InChI is InChI=1S/C17H10BrClN4O5S/c18-11-5-8(6-12(14(11)24)23(27)28)7-13(16(25)26)29-17-20-15(21-22-17)9-1-3-10(19)4-2-9/h1-7,24H,(H,25,26)(H,20,21,22)/b13-7-. The van der Waals surface area contributed by atoms with Gasteiger partial charge < -0.3 is 10.2 Å². The highest BCUT2D eigenvalue weighted by molar-refractivity contribution is 9.10. The molecular weight excluding hydrogens is 488 g/mol. The number of phenols is 1. The smallest absolute Gasteiger partial charge is 0.342 e. The number of carbonyl (C=O) groups is 1. The zero-order chi connectivity index (χ0) is 21.1. The van der Waals surface area contributed by atoms with Crippen LogP contribution in [0.4, 0.5) is 5.69 Å². The van der Waals surface area contributed by atoms with E-state index in [1.807, 2.05) is 0 Å². The highest BCUT2D eigenvalue weighted by atomic mass is 79.9. The van der Waals surface area contributed by atoms with Gasteiger partial charge in [-0.2, -0.15) is 0 Å². The predicted octanol–water partition coefficient (Wildman–Crippen LogP) is 4.72. The van der Waals surface area contributed by atoms with Crippen LogP contribution in [0.5, 0.6) is 5.75 Å². The van der Waals surface area contributed by atoms with Gasteiger partial charge in [0.05, 0.1) is 9.40 Å². The summed E-state index contributed by atoms with van der Waals surface area (Å²) >= 11 is 9.64. The monoisotopic (exact) mass is 496 g/mol. The number of nitro benzene ring substituents is 1. The van der Waals surface area contributed by atoms with E-state index in [1.165, 1.54) is 12.1 Å². The first-order valence-electron chi connectivity index (χ1n) is 7.72. The maximum atomic E-state index is 11.6. The molecule has 3 rings (SSSR count). The first-order valence-corrected chi connectivity index (χ1v) is 9.71. The quantitative estimate of drug-likeness (QED) is 0.192. The van der Waals surface area contributed by atoms with Crippen molar-refractivity contribution in [2.24, 2.45) is 0 Å². The Labute approximate surface area is 180 Å². The summed E-state index contributed by atoms with van der Waals surface area (Å²) in [6.45, 7) is 0. The number of aliphatic carboxylic acids is 1. The number of nitrogens with zero attached hydrogens (tertiary/aromatic N) is 3. The number of H-pyrrole nitrogens is 1. The summed E-state index contributed by atoms with van der Waals surface area (Å²) in [4.78, 5) is 26.0. The van der Waals surface area contributed by atoms with Gasteiger partial charge >= 0.3 is 11.7 Å². The average Bonchev–Trinajstić information content (AvgIpc) is 3.12. The number of aromatic nitrogens is 3.